The van der Waals surface area contributed by atoms with E-state index in [-0.39, 0.29) is 0 Å². The number of hydrogen-bond donors (Lipinski definition) is 1. The van der Waals surface area contributed by atoms with Crippen LogP contribution in [0.2, 0.25) is 0 Å². The molecule has 4 heteroatoms. The molecule has 0 amide bonds. The fourth-order valence-electron chi connectivity index (χ4n) is 2.95. The third-order valence-electron chi connectivity index (χ3n) is 4.26. The van der Waals surface area contributed by atoms with Crippen LogP contribution in [0.1, 0.15) is 49.3 Å². The Bertz CT molecular complexity index is 457. The van der Waals surface area contributed by atoms with Crippen molar-refractivity contribution in [2.45, 2.75) is 51.2 Å². The molecule has 0 atom stereocenters. The summed E-state index contributed by atoms with van der Waals surface area (Å²) in [7, 11) is 0. The van der Waals surface area contributed by atoms with Crippen LogP contribution in [0.25, 0.3) is 0 Å². The van der Waals surface area contributed by atoms with Gasteiger partial charge in [0.05, 0.1) is 5.56 Å². The monoisotopic (exact) mass is 271 g/mol. The molecule has 1 fully saturated rings. The lowest BCUT2D eigenvalue weighted by Gasteiger charge is -2.37. The van der Waals surface area contributed by atoms with Gasteiger partial charge in [-0.15, -0.1) is 0 Å². The quantitative estimate of drug-likeness (QED) is 0.806. The Kier molecular flexibility index (Phi) is 3.65. The Morgan fingerprint density at radius 3 is 2.26 bits per heavy atom. The molecule has 1 nitrogen and oxygen atoms in total. The van der Waals surface area contributed by atoms with Gasteiger partial charge in [0.2, 0.25) is 0 Å². The fraction of sp³-hybridized carbons (Fsp3) is 0.600. The fourth-order valence-corrected chi connectivity index (χ4v) is 2.95. The summed E-state index contributed by atoms with van der Waals surface area (Å²) in [5.74, 6) is 0.659. The molecule has 0 bridgehead atoms. The number of rotatable bonds is 1. The van der Waals surface area contributed by atoms with Crippen molar-refractivity contribution in [2.75, 3.05) is 0 Å². The molecule has 1 aromatic rings. The third-order valence-corrected chi connectivity index (χ3v) is 4.26. The summed E-state index contributed by atoms with van der Waals surface area (Å²) >= 11 is 0. The van der Waals surface area contributed by atoms with E-state index < -0.39 is 17.3 Å². The van der Waals surface area contributed by atoms with E-state index in [4.69, 9.17) is 5.73 Å². The number of hydrogen-bond acceptors (Lipinski definition) is 1. The van der Waals surface area contributed by atoms with Gasteiger partial charge in [0.15, 0.2) is 0 Å². The zero-order chi connectivity index (χ0) is 14.3. The lowest BCUT2D eigenvalue weighted by atomic mass is 9.72. The summed E-state index contributed by atoms with van der Waals surface area (Å²) in [4.78, 5) is 0. The molecule has 19 heavy (non-hydrogen) atoms. The number of benzene rings is 1. The van der Waals surface area contributed by atoms with Crippen LogP contribution in [0.4, 0.5) is 13.2 Å². The number of halogens is 3. The minimum absolute atomic E-state index is 0.458. The molecule has 0 unspecified atom stereocenters. The van der Waals surface area contributed by atoms with Crippen LogP contribution in [-0.4, -0.2) is 0 Å². The van der Waals surface area contributed by atoms with Crippen LogP contribution < -0.4 is 5.73 Å². The second-order valence-corrected chi connectivity index (χ2v) is 5.87. The zero-order valence-corrected chi connectivity index (χ0v) is 11.3. The summed E-state index contributed by atoms with van der Waals surface area (Å²) in [5, 5.41) is 0. The third kappa shape index (κ3) is 2.94. The highest BCUT2D eigenvalue weighted by atomic mass is 19.4. The molecule has 1 aliphatic carbocycles. The molecular weight excluding hydrogens is 251 g/mol. The van der Waals surface area contributed by atoms with Crippen molar-refractivity contribution in [3.8, 4) is 0 Å². The highest BCUT2D eigenvalue weighted by Gasteiger charge is 2.35. The van der Waals surface area contributed by atoms with Crippen molar-refractivity contribution in [3.05, 3.63) is 34.9 Å². The van der Waals surface area contributed by atoms with E-state index in [0.29, 0.717) is 11.5 Å². The van der Waals surface area contributed by atoms with E-state index in [2.05, 4.69) is 6.92 Å². The second kappa shape index (κ2) is 4.82. The molecule has 106 valence electrons. The lowest BCUT2D eigenvalue weighted by Crippen LogP contribution is -2.40. The van der Waals surface area contributed by atoms with Crippen LogP contribution in [0.15, 0.2) is 18.2 Å². The first-order valence-corrected chi connectivity index (χ1v) is 6.69. The van der Waals surface area contributed by atoms with Crippen molar-refractivity contribution in [3.63, 3.8) is 0 Å². The van der Waals surface area contributed by atoms with E-state index >= 15 is 0 Å². The van der Waals surface area contributed by atoms with Gasteiger partial charge in [-0.05, 0) is 61.8 Å². The molecule has 1 aliphatic rings. The number of alkyl halides is 3. The van der Waals surface area contributed by atoms with Crippen molar-refractivity contribution in [1.29, 1.82) is 0 Å². The topological polar surface area (TPSA) is 26.0 Å². The van der Waals surface area contributed by atoms with E-state index in [1.807, 2.05) is 0 Å². The van der Waals surface area contributed by atoms with Crippen molar-refractivity contribution < 1.29 is 13.2 Å². The van der Waals surface area contributed by atoms with Gasteiger partial charge in [-0.2, -0.15) is 13.2 Å². The van der Waals surface area contributed by atoms with Crippen LogP contribution in [0, 0.1) is 12.8 Å². The molecule has 0 aliphatic heterocycles. The molecule has 1 saturated carbocycles. The Hall–Kier alpha value is -1.03. The molecule has 0 spiro atoms. The van der Waals surface area contributed by atoms with Gasteiger partial charge in [0, 0.05) is 5.54 Å². The smallest absolute Gasteiger partial charge is 0.321 e. The molecule has 0 heterocycles. The molecule has 2 rings (SSSR count). The first kappa shape index (κ1) is 14.4. The number of aryl methyl sites for hydroxylation is 1. The summed E-state index contributed by atoms with van der Waals surface area (Å²) in [6, 6.07) is 3.92. The van der Waals surface area contributed by atoms with E-state index in [1.165, 1.54) is 6.07 Å². The average Bonchev–Trinajstić information content (AvgIpc) is 2.32. The van der Waals surface area contributed by atoms with Gasteiger partial charge in [0.1, 0.15) is 0 Å². The van der Waals surface area contributed by atoms with Crippen molar-refractivity contribution in [1.82, 2.24) is 0 Å². The normalized spacial score (nSPS) is 28.4. The second-order valence-electron chi connectivity index (χ2n) is 5.87. The predicted octanol–water partition coefficient (Wildman–Crippen LogP) is 4.38. The average molecular weight is 271 g/mol. The summed E-state index contributed by atoms with van der Waals surface area (Å²) in [6.45, 7) is 3.91. The Morgan fingerprint density at radius 1 is 1.21 bits per heavy atom. The minimum Gasteiger partial charge on any atom is -0.321 e. The van der Waals surface area contributed by atoms with E-state index in [1.54, 1.807) is 13.0 Å². The molecule has 1 aromatic carbocycles. The van der Waals surface area contributed by atoms with E-state index in [0.717, 1.165) is 37.3 Å². The van der Waals surface area contributed by atoms with Crippen LogP contribution in [0.3, 0.4) is 0 Å². The number of nitrogens with two attached hydrogens (primary N) is 1. The van der Waals surface area contributed by atoms with Gasteiger partial charge in [0.25, 0.3) is 0 Å². The Labute approximate surface area is 112 Å². The molecule has 0 radical (unpaired) electrons. The standard InChI is InChI=1S/C15H20F3N/c1-10-5-7-14(19,8-6-10)13-4-3-12(9-11(13)2)15(16,17)18/h3-4,9-10H,5-8,19H2,1-2H3. The first-order valence-electron chi connectivity index (χ1n) is 6.69. The first-order chi connectivity index (χ1) is 8.72. The van der Waals surface area contributed by atoms with Gasteiger partial charge < -0.3 is 5.73 Å². The summed E-state index contributed by atoms with van der Waals surface area (Å²) < 4.78 is 38.0. The van der Waals surface area contributed by atoms with Crippen molar-refractivity contribution in [2.24, 2.45) is 11.7 Å². The van der Waals surface area contributed by atoms with Gasteiger partial charge in [-0.1, -0.05) is 13.0 Å². The van der Waals surface area contributed by atoms with Crippen LogP contribution in [-0.2, 0) is 11.7 Å². The maximum absolute atomic E-state index is 12.7. The van der Waals surface area contributed by atoms with Gasteiger partial charge >= 0.3 is 6.18 Å². The highest BCUT2D eigenvalue weighted by molar-refractivity contribution is 5.37. The van der Waals surface area contributed by atoms with Crippen LogP contribution in [0.5, 0.6) is 0 Å². The molecule has 2 N–H and O–H groups in total. The van der Waals surface area contributed by atoms with E-state index in [9.17, 15) is 13.2 Å². The summed E-state index contributed by atoms with van der Waals surface area (Å²) in [5.41, 5.74) is 6.88. The van der Waals surface area contributed by atoms with Crippen LogP contribution >= 0.6 is 0 Å². The SMILES string of the molecule is Cc1cc(C(F)(F)F)ccc1C1(N)CCC(C)CC1. The van der Waals surface area contributed by atoms with Gasteiger partial charge in [-0.3, -0.25) is 0 Å². The van der Waals surface area contributed by atoms with Gasteiger partial charge in [-0.25, -0.2) is 0 Å². The molecule has 0 aromatic heterocycles. The lowest BCUT2D eigenvalue weighted by molar-refractivity contribution is -0.137. The van der Waals surface area contributed by atoms with Crippen molar-refractivity contribution >= 4 is 0 Å². The Morgan fingerprint density at radius 2 is 1.79 bits per heavy atom. The largest absolute Gasteiger partial charge is 0.416 e. The minimum atomic E-state index is -4.29. The Balaban J connectivity index is 2.31. The summed E-state index contributed by atoms with van der Waals surface area (Å²) in [6.07, 6.45) is -0.513. The maximum atomic E-state index is 12.7. The molecular formula is C15H20F3N. The predicted molar refractivity (Wildman–Crippen MR) is 69.7 cm³/mol. The highest BCUT2D eigenvalue weighted by Crippen LogP contribution is 2.40. The molecule has 0 saturated heterocycles. The maximum Gasteiger partial charge on any atom is 0.416 e. The zero-order valence-electron chi connectivity index (χ0n) is 11.3.